The van der Waals surface area contributed by atoms with Gasteiger partial charge in [0.05, 0.1) is 6.04 Å². The molecule has 1 aromatic rings. The predicted molar refractivity (Wildman–Crippen MR) is 250 cm³/mol. The Hall–Kier alpha value is -5.10. The first-order valence-electron chi connectivity index (χ1n) is 24.0. The number of unbranched alkanes of at least 4 members (excludes halogenated alkanes) is 1. The van der Waals surface area contributed by atoms with Crippen LogP contribution in [0, 0.1) is 17.8 Å². The van der Waals surface area contributed by atoms with Crippen LogP contribution in [0.2, 0.25) is 0 Å². The topological polar surface area (TPSA) is 423 Å². The Labute approximate surface area is 409 Å². The molecule has 0 aromatic carbocycles. The lowest BCUT2D eigenvalue weighted by Crippen LogP contribution is -2.66. The molecule has 2 amide bonds. The molecule has 0 aliphatic carbocycles. The van der Waals surface area contributed by atoms with Crippen molar-refractivity contribution in [3.63, 3.8) is 0 Å². The van der Waals surface area contributed by atoms with E-state index in [1.165, 1.54) is 0 Å². The number of rotatable bonds is 28. The summed E-state index contributed by atoms with van der Waals surface area (Å²) in [5.41, 5.74) is 9.82. The van der Waals surface area contributed by atoms with Crippen LogP contribution in [0.15, 0.2) is 26.8 Å². The van der Waals surface area contributed by atoms with Gasteiger partial charge in [0.25, 0.3) is 5.56 Å². The van der Waals surface area contributed by atoms with Crippen LogP contribution in [-0.4, -0.2) is 187 Å². The Balaban J connectivity index is 1.57. The molecule has 0 spiro atoms. The Kier molecular flexibility index (Phi) is 22.3. The molecule has 16 N–H and O–H groups in total. The van der Waals surface area contributed by atoms with Gasteiger partial charge >= 0.3 is 23.6 Å². The van der Waals surface area contributed by atoms with Gasteiger partial charge in [0, 0.05) is 38.3 Å². The molecule has 2 saturated heterocycles. The van der Waals surface area contributed by atoms with Crippen molar-refractivity contribution in [1.82, 2.24) is 36.1 Å². The number of aromatic amines is 1. The molecule has 15 atom stereocenters. The number of aliphatic hydroxyl groups is 4. The van der Waals surface area contributed by atoms with Crippen LogP contribution in [0.25, 0.3) is 0 Å². The standard InChI is InChI=1S/C44H74N10O17/c1-19(2)10-7-8-11-25(56)69-34(21(5)6)28(53-38(62)27(22-12-16-49-43(46)50-22)52-26(20(3)4)40(63)64)37(61)48-15-9-14-47-29(41(65)66)35(71-42-33(60)30(57)23(18-45)68-42)36-31(58)32(59)39(70-36)54-17-13-24(55)51-44(54)67/h13,17,19-23,26-36,39,42,47,52,57-60H,7-12,14-16,18,45H2,1-6H3,(H,48,61)(H,53,62)(H,63,64)(H,65,66)(H3,46,49,50)(H,51,55,67)/t22-,23+,26-,27-,28-,29-,30+,31-,32+,33+,34-,35-,36-,39+,42-/m0/s1. The number of H-pyrrole nitrogens is 1. The number of carboxylic acid groups (broad SMARTS) is 2. The van der Waals surface area contributed by atoms with E-state index in [0.717, 1.165) is 29.7 Å². The summed E-state index contributed by atoms with van der Waals surface area (Å²) in [6.45, 7) is 10.3. The highest BCUT2D eigenvalue weighted by Gasteiger charge is 2.54. The molecule has 0 unspecified atom stereocenters. The maximum absolute atomic E-state index is 14.4. The highest BCUT2D eigenvalue weighted by atomic mass is 16.7. The molecular weight excluding hydrogens is 941 g/mol. The fourth-order valence-corrected chi connectivity index (χ4v) is 8.51. The van der Waals surface area contributed by atoms with Crippen LogP contribution in [0.3, 0.4) is 0 Å². The van der Waals surface area contributed by atoms with E-state index in [0.29, 0.717) is 12.3 Å². The minimum absolute atomic E-state index is 0.0227. The van der Waals surface area contributed by atoms with Gasteiger partial charge in [-0.1, -0.05) is 54.4 Å². The van der Waals surface area contributed by atoms with Gasteiger partial charge in [-0.3, -0.25) is 48.6 Å². The Morgan fingerprint density at radius 3 is 2.14 bits per heavy atom. The van der Waals surface area contributed by atoms with E-state index in [9.17, 15) is 64.2 Å². The number of nitrogens with two attached hydrogens (primary N) is 2. The zero-order valence-electron chi connectivity index (χ0n) is 40.8. The maximum Gasteiger partial charge on any atom is 0.330 e. The average Bonchev–Trinajstić information content (AvgIpc) is 3.74. The second kappa shape index (κ2) is 27.1. The number of carboxylic acids is 2. The first-order chi connectivity index (χ1) is 33.5. The van der Waals surface area contributed by atoms with Crippen molar-refractivity contribution >= 4 is 35.7 Å². The largest absolute Gasteiger partial charge is 0.480 e. The Bertz CT molecular complexity index is 2090. The molecule has 71 heavy (non-hydrogen) atoms. The Morgan fingerprint density at radius 2 is 1.56 bits per heavy atom. The molecule has 3 aliphatic heterocycles. The number of carbonyl (C=O) groups excluding carboxylic acids is 3. The third-order valence-corrected chi connectivity index (χ3v) is 12.5. The molecule has 3 aliphatic rings. The van der Waals surface area contributed by atoms with Crippen LogP contribution in [0.5, 0.6) is 0 Å². The van der Waals surface area contributed by atoms with E-state index in [1.54, 1.807) is 27.7 Å². The minimum atomic E-state index is -1.95. The number of aliphatic hydroxyl groups excluding tert-OH is 4. The molecule has 0 radical (unpaired) electrons. The zero-order valence-corrected chi connectivity index (χ0v) is 40.8. The van der Waals surface area contributed by atoms with Gasteiger partial charge in [0.2, 0.25) is 11.8 Å². The summed E-state index contributed by atoms with van der Waals surface area (Å²) in [4.78, 5) is 97.7. The SMILES string of the molecule is CC(C)CCCCC(=O)O[C@@H](C(C)C)[C@H](NC(=O)[C@@H](N[C@H](C(=O)O)C(C)C)[C@@H]1CCN=C(N)N1)C(=O)NCCCN[C@H](C(=O)O)[C@H](O[C@@H]1O[C@H](CN)[C@@H](O)[C@H]1O)[C@H]1O[C@@H](n2ccc(=O)[nH]c2=O)[C@H](O)[C@@H]1O. The van der Waals surface area contributed by atoms with Crippen molar-refractivity contribution in [3.05, 3.63) is 33.1 Å². The van der Waals surface area contributed by atoms with Crippen molar-refractivity contribution in [2.75, 3.05) is 26.2 Å². The molecule has 402 valence electrons. The van der Waals surface area contributed by atoms with Gasteiger partial charge in [-0.2, -0.15) is 0 Å². The number of hydrogen-bond donors (Lipinski definition) is 14. The van der Waals surface area contributed by atoms with Gasteiger partial charge in [0.1, 0.15) is 73.0 Å². The van der Waals surface area contributed by atoms with Crippen LogP contribution >= 0.6 is 0 Å². The molecule has 4 heterocycles. The molecule has 27 heteroatoms. The second-order valence-electron chi connectivity index (χ2n) is 19.1. The molecule has 0 saturated carbocycles. The maximum atomic E-state index is 14.4. The number of aliphatic carboxylic acids is 2. The number of aliphatic imine (C=N–C) groups is 1. The summed E-state index contributed by atoms with van der Waals surface area (Å²) in [6.07, 6.45) is -13.2. The quantitative estimate of drug-likeness (QED) is 0.0278. The molecule has 0 bridgehead atoms. The lowest BCUT2D eigenvalue weighted by atomic mass is 9.95. The minimum Gasteiger partial charge on any atom is -0.480 e. The summed E-state index contributed by atoms with van der Waals surface area (Å²) >= 11 is 0. The number of nitrogens with zero attached hydrogens (tertiary/aromatic N) is 2. The summed E-state index contributed by atoms with van der Waals surface area (Å²) in [5.74, 6) is -5.66. The fraction of sp³-hybridized carbons (Fsp3) is 0.773. The lowest BCUT2D eigenvalue weighted by molar-refractivity contribution is -0.228. The molecule has 1 aromatic heterocycles. The lowest BCUT2D eigenvalue weighted by Gasteiger charge is -2.35. The normalized spacial score (nSPS) is 27.0. The van der Waals surface area contributed by atoms with E-state index in [4.69, 9.17) is 30.4 Å². The number of esters is 1. The van der Waals surface area contributed by atoms with Crippen molar-refractivity contribution in [2.24, 2.45) is 34.2 Å². The first kappa shape index (κ1) is 58.5. The van der Waals surface area contributed by atoms with Crippen LogP contribution in [-0.2, 0) is 42.9 Å². The van der Waals surface area contributed by atoms with Crippen molar-refractivity contribution in [3.8, 4) is 0 Å². The Morgan fingerprint density at radius 1 is 0.873 bits per heavy atom. The predicted octanol–water partition coefficient (Wildman–Crippen LogP) is -4.49. The number of aromatic nitrogens is 2. The summed E-state index contributed by atoms with van der Waals surface area (Å²) in [5, 5.41) is 78.1. The average molecular weight is 1020 g/mol. The van der Waals surface area contributed by atoms with Crippen LogP contribution in [0.1, 0.15) is 86.3 Å². The summed E-state index contributed by atoms with van der Waals surface area (Å²) in [7, 11) is 0. The molecule has 2 fully saturated rings. The van der Waals surface area contributed by atoms with Gasteiger partial charge in [-0.25, -0.2) is 4.79 Å². The molecule has 27 nitrogen and oxygen atoms in total. The molecular formula is C44H74N10O17. The van der Waals surface area contributed by atoms with E-state index in [-0.39, 0.29) is 51.4 Å². The number of hydrogen-bond acceptors (Lipinski definition) is 21. The van der Waals surface area contributed by atoms with E-state index in [2.05, 4.69) is 45.4 Å². The number of nitrogens with one attached hydrogen (secondary N) is 6. The monoisotopic (exact) mass is 1010 g/mol. The fourth-order valence-electron chi connectivity index (χ4n) is 8.51. The van der Waals surface area contributed by atoms with E-state index < -0.39 is 144 Å². The third-order valence-electron chi connectivity index (χ3n) is 12.5. The van der Waals surface area contributed by atoms with Crippen molar-refractivity contribution < 1.29 is 73.6 Å². The van der Waals surface area contributed by atoms with E-state index in [1.807, 2.05) is 4.98 Å². The van der Waals surface area contributed by atoms with E-state index >= 15 is 0 Å². The van der Waals surface area contributed by atoms with Crippen molar-refractivity contribution in [2.45, 2.75) is 172 Å². The highest BCUT2D eigenvalue weighted by molar-refractivity contribution is 5.92. The number of amides is 2. The second-order valence-corrected chi connectivity index (χ2v) is 19.1. The van der Waals surface area contributed by atoms with Crippen LogP contribution < -0.4 is 49.3 Å². The van der Waals surface area contributed by atoms with Gasteiger partial charge in [-0.15, -0.1) is 0 Å². The van der Waals surface area contributed by atoms with Crippen molar-refractivity contribution in [1.29, 1.82) is 0 Å². The van der Waals surface area contributed by atoms with Crippen LogP contribution in [0.4, 0.5) is 0 Å². The number of ether oxygens (including phenoxy) is 4. The third kappa shape index (κ3) is 15.9. The molecule has 4 rings (SSSR count). The highest BCUT2D eigenvalue weighted by Crippen LogP contribution is 2.34. The van der Waals surface area contributed by atoms with Gasteiger partial charge in [0.15, 0.2) is 18.5 Å². The van der Waals surface area contributed by atoms with Gasteiger partial charge < -0.3 is 82.3 Å². The number of carbonyl (C=O) groups is 5. The number of guanidine groups is 1. The summed E-state index contributed by atoms with van der Waals surface area (Å²) < 4.78 is 24.0. The van der Waals surface area contributed by atoms with Gasteiger partial charge in [-0.05, 0) is 43.6 Å². The first-order valence-corrected chi connectivity index (χ1v) is 24.0. The summed E-state index contributed by atoms with van der Waals surface area (Å²) in [6, 6.07) is -5.72. The smallest absolute Gasteiger partial charge is 0.330 e. The zero-order chi connectivity index (χ0) is 52.9.